The summed E-state index contributed by atoms with van der Waals surface area (Å²) in [6, 6.07) is 4.65. The minimum Gasteiger partial charge on any atom is -0.384 e. The zero-order valence-corrected chi connectivity index (χ0v) is 12.5. The van der Waals surface area contributed by atoms with Gasteiger partial charge in [0.2, 0.25) is 0 Å². The van der Waals surface area contributed by atoms with Gasteiger partial charge in [-0.3, -0.25) is 9.59 Å². The standard InChI is InChI=1S/C15H17F3N2O3/c1-10(21)13(22)19-6-8-20(9-7-19)14(23)11-4-2-3-5-12(11)15(16,17)18/h2-5,10,21H,6-9H2,1H3. The molecule has 2 rings (SSSR count). The van der Waals surface area contributed by atoms with E-state index in [-0.39, 0.29) is 26.2 Å². The van der Waals surface area contributed by atoms with Crippen molar-refractivity contribution in [2.75, 3.05) is 26.2 Å². The number of piperazine rings is 1. The number of aliphatic hydroxyl groups is 1. The molecule has 1 aromatic carbocycles. The molecule has 1 N–H and O–H groups in total. The van der Waals surface area contributed by atoms with Gasteiger partial charge in [0, 0.05) is 26.2 Å². The number of nitrogens with zero attached hydrogens (tertiary/aromatic N) is 2. The van der Waals surface area contributed by atoms with Gasteiger partial charge in [-0.15, -0.1) is 0 Å². The van der Waals surface area contributed by atoms with Gasteiger partial charge in [-0.2, -0.15) is 13.2 Å². The number of aliphatic hydroxyl groups excluding tert-OH is 1. The SMILES string of the molecule is CC(O)C(=O)N1CCN(C(=O)c2ccccc2C(F)(F)F)CC1. The minimum absolute atomic E-state index is 0.128. The van der Waals surface area contributed by atoms with Gasteiger partial charge in [0.15, 0.2) is 0 Å². The summed E-state index contributed by atoms with van der Waals surface area (Å²) < 4.78 is 38.9. The van der Waals surface area contributed by atoms with Gasteiger partial charge in [-0.1, -0.05) is 12.1 Å². The molecule has 0 bridgehead atoms. The van der Waals surface area contributed by atoms with Crippen LogP contribution in [0, 0.1) is 0 Å². The van der Waals surface area contributed by atoms with E-state index >= 15 is 0 Å². The third kappa shape index (κ3) is 3.82. The van der Waals surface area contributed by atoms with E-state index in [9.17, 15) is 27.9 Å². The van der Waals surface area contributed by atoms with Crippen molar-refractivity contribution in [3.8, 4) is 0 Å². The Kier molecular flexibility index (Phi) is 4.93. The van der Waals surface area contributed by atoms with E-state index < -0.39 is 35.2 Å². The van der Waals surface area contributed by atoms with Gasteiger partial charge in [0.25, 0.3) is 11.8 Å². The van der Waals surface area contributed by atoms with E-state index in [0.29, 0.717) is 0 Å². The summed E-state index contributed by atoms with van der Waals surface area (Å²) in [5.41, 5.74) is -1.36. The second-order valence-electron chi connectivity index (χ2n) is 5.34. The zero-order valence-electron chi connectivity index (χ0n) is 12.5. The Morgan fingerprint density at radius 2 is 1.61 bits per heavy atom. The normalized spacial score (nSPS) is 17.1. The summed E-state index contributed by atoms with van der Waals surface area (Å²) in [7, 11) is 0. The summed E-state index contributed by atoms with van der Waals surface area (Å²) in [6.45, 7) is 1.97. The molecule has 0 aliphatic carbocycles. The Bertz CT molecular complexity index is 594. The molecule has 0 saturated carbocycles. The van der Waals surface area contributed by atoms with Crippen molar-refractivity contribution in [1.29, 1.82) is 0 Å². The molecule has 126 valence electrons. The third-order valence-corrected chi connectivity index (χ3v) is 3.70. The van der Waals surface area contributed by atoms with Gasteiger partial charge in [0.1, 0.15) is 6.10 Å². The van der Waals surface area contributed by atoms with E-state index in [2.05, 4.69) is 0 Å². The zero-order chi connectivity index (χ0) is 17.2. The monoisotopic (exact) mass is 330 g/mol. The van der Waals surface area contributed by atoms with Gasteiger partial charge in [-0.25, -0.2) is 0 Å². The Labute approximate surface area is 131 Å². The fraction of sp³-hybridized carbons (Fsp3) is 0.467. The van der Waals surface area contributed by atoms with Crippen LogP contribution >= 0.6 is 0 Å². The first-order chi connectivity index (χ1) is 10.7. The minimum atomic E-state index is -4.60. The van der Waals surface area contributed by atoms with Crippen molar-refractivity contribution in [3.63, 3.8) is 0 Å². The lowest BCUT2D eigenvalue weighted by atomic mass is 10.1. The predicted molar refractivity (Wildman–Crippen MR) is 75.6 cm³/mol. The molecule has 0 aromatic heterocycles. The molecule has 1 unspecified atom stereocenters. The van der Waals surface area contributed by atoms with Crippen LogP contribution in [0.2, 0.25) is 0 Å². The summed E-state index contributed by atoms with van der Waals surface area (Å²) in [4.78, 5) is 26.7. The molecule has 5 nitrogen and oxygen atoms in total. The van der Waals surface area contributed by atoms with Gasteiger partial charge < -0.3 is 14.9 Å². The highest BCUT2D eigenvalue weighted by molar-refractivity contribution is 5.96. The quantitative estimate of drug-likeness (QED) is 0.891. The highest BCUT2D eigenvalue weighted by Gasteiger charge is 2.36. The van der Waals surface area contributed by atoms with Crippen molar-refractivity contribution in [2.24, 2.45) is 0 Å². The fourth-order valence-corrected chi connectivity index (χ4v) is 2.48. The number of alkyl halides is 3. The van der Waals surface area contributed by atoms with E-state index in [4.69, 9.17) is 0 Å². The number of halogens is 3. The summed E-state index contributed by atoms with van der Waals surface area (Å²) >= 11 is 0. The highest BCUT2D eigenvalue weighted by Crippen LogP contribution is 2.32. The molecular weight excluding hydrogens is 313 g/mol. The van der Waals surface area contributed by atoms with Crippen molar-refractivity contribution < 1.29 is 27.9 Å². The van der Waals surface area contributed by atoms with Crippen LogP contribution in [0.4, 0.5) is 13.2 Å². The van der Waals surface area contributed by atoms with Crippen molar-refractivity contribution in [3.05, 3.63) is 35.4 Å². The van der Waals surface area contributed by atoms with Crippen molar-refractivity contribution in [1.82, 2.24) is 9.80 Å². The molecule has 1 fully saturated rings. The van der Waals surface area contributed by atoms with Crippen LogP contribution < -0.4 is 0 Å². The number of carbonyl (C=O) groups is 2. The predicted octanol–water partition coefficient (Wildman–Crippen LogP) is 1.37. The van der Waals surface area contributed by atoms with E-state index in [1.807, 2.05) is 0 Å². The lowest BCUT2D eigenvalue weighted by Crippen LogP contribution is -2.52. The van der Waals surface area contributed by atoms with Gasteiger partial charge >= 0.3 is 6.18 Å². The Hall–Kier alpha value is -2.09. The topological polar surface area (TPSA) is 60.9 Å². The molecule has 0 spiro atoms. The van der Waals surface area contributed by atoms with Crippen molar-refractivity contribution >= 4 is 11.8 Å². The van der Waals surface area contributed by atoms with Gasteiger partial charge in [0.05, 0.1) is 11.1 Å². The number of hydrogen-bond acceptors (Lipinski definition) is 3. The first kappa shape index (κ1) is 17.3. The maximum absolute atomic E-state index is 13.0. The molecule has 0 radical (unpaired) electrons. The molecule has 2 amide bonds. The molecule has 1 aliphatic heterocycles. The average Bonchev–Trinajstić information content (AvgIpc) is 2.52. The molecular formula is C15H17F3N2O3. The third-order valence-electron chi connectivity index (χ3n) is 3.70. The maximum Gasteiger partial charge on any atom is 0.417 e. The Balaban J connectivity index is 2.11. The number of hydrogen-bond donors (Lipinski definition) is 1. The average molecular weight is 330 g/mol. The highest BCUT2D eigenvalue weighted by atomic mass is 19.4. The van der Waals surface area contributed by atoms with Crippen LogP contribution in [0.25, 0.3) is 0 Å². The van der Waals surface area contributed by atoms with Crippen molar-refractivity contribution in [2.45, 2.75) is 19.2 Å². The van der Waals surface area contributed by atoms with Crippen LogP contribution in [0.5, 0.6) is 0 Å². The van der Waals surface area contributed by atoms with E-state index in [1.165, 1.54) is 28.9 Å². The lowest BCUT2D eigenvalue weighted by molar-refractivity contribution is -0.140. The summed E-state index contributed by atoms with van der Waals surface area (Å²) in [5.74, 6) is -1.16. The van der Waals surface area contributed by atoms with Crippen LogP contribution in [0.1, 0.15) is 22.8 Å². The van der Waals surface area contributed by atoms with E-state index in [1.54, 1.807) is 0 Å². The fourth-order valence-electron chi connectivity index (χ4n) is 2.48. The van der Waals surface area contributed by atoms with Crippen LogP contribution in [0.3, 0.4) is 0 Å². The molecule has 23 heavy (non-hydrogen) atoms. The number of amides is 2. The van der Waals surface area contributed by atoms with Gasteiger partial charge in [-0.05, 0) is 19.1 Å². The lowest BCUT2D eigenvalue weighted by Gasteiger charge is -2.35. The molecule has 1 atom stereocenters. The Morgan fingerprint density at radius 1 is 1.09 bits per heavy atom. The number of carbonyl (C=O) groups excluding carboxylic acids is 2. The van der Waals surface area contributed by atoms with Crippen LogP contribution in [-0.4, -0.2) is 59.0 Å². The largest absolute Gasteiger partial charge is 0.417 e. The molecule has 1 aromatic rings. The summed E-state index contributed by atoms with van der Waals surface area (Å²) in [6.07, 6.45) is -5.74. The first-order valence-electron chi connectivity index (χ1n) is 7.14. The summed E-state index contributed by atoms with van der Waals surface area (Å²) in [5, 5.41) is 9.26. The molecule has 1 heterocycles. The molecule has 8 heteroatoms. The van der Waals surface area contributed by atoms with E-state index in [0.717, 1.165) is 12.1 Å². The molecule has 1 aliphatic rings. The molecule has 1 saturated heterocycles. The second-order valence-corrected chi connectivity index (χ2v) is 5.34. The number of benzene rings is 1. The Morgan fingerprint density at radius 3 is 2.13 bits per heavy atom. The second kappa shape index (κ2) is 6.57. The van der Waals surface area contributed by atoms with Crippen LogP contribution in [-0.2, 0) is 11.0 Å². The first-order valence-corrected chi connectivity index (χ1v) is 7.14. The smallest absolute Gasteiger partial charge is 0.384 e. The number of rotatable bonds is 2. The van der Waals surface area contributed by atoms with Crippen LogP contribution in [0.15, 0.2) is 24.3 Å². The maximum atomic E-state index is 13.0.